The number of rotatable bonds is 5. The van der Waals surface area contributed by atoms with Crippen LogP contribution < -0.4 is 10.6 Å². The van der Waals surface area contributed by atoms with Crippen LogP contribution in [-0.2, 0) is 0 Å². The summed E-state index contributed by atoms with van der Waals surface area (Å²) in [7, 11) is 0. The van der Waals surface area contributed by atoms with Crippen molar-refractivity contribution in [2.75, 3.05) is 19.6 Å². The molecule has 0 radical (unpaired) electrons. The van der Waals surface area contributed by atoms with Crippen molar-refractivity contribution in [1.29, 1.82) is 0 Å². The fourth-order valence-corrected chi connectivity index (χ4v) is 1.55. The predicted octanol–water partition coefficient (Wildman–Crippen LogP) is 0.0686. The molecule has 2 N–H and O–H groups in total. The van der Waals surface area contributed by atoms with Gasteiger partial charge < -0.3 is 10.6 Å². The van der Waals surface area contributed by atoms with E-state index in [-0.39, 0.29) is 5.91 Å². The molecule has 0 atom stereocenters. The standard InChI is InChI=1S/C11H15N5O/c1-2-12-3-4-14-11(17)9-7-15-16-6-5-13-8-10(9)16/h5-8,12H,2-4H2,1H3,(H,14,17). The van der Waals surface area contributed by atoms with Gasteiger partial charge in [0.15, 0.2) is 0 Å². The first kappa shape index (κ1) is 11.5. The number of nitrogens with one attached hydrogen (secondary N) is 2. The Bertz CT molecular complexity index is 507. The first-order valence-electron chi connectivity index (χ1n) is 5.59. The van der Waals surface area contributed by atoms with Gasteiger partial charge in [-0.05, 0) is 6.54 Å². The summed E-state index contributed by atoms with van der Waals surface area (Å²) >= 11 is 0. The molecule has 2 rings (SSSR count). The molecule has 6 heteroatoms. The molecule has 1 amide bonds. The van der Waals surface area contributed by atoms with Crippen molar-refractivity contribution < 1.29 is 4.79 Å². The number of amides is 1. The Kier molecular flexibility index (Phi) is 3.66. The van der Waals surface area contributed by atoms with Gasteiger partial charge in [0.05, 0.1) is 23.5 Å². The third kappa shape index (κ3) is 2.59. The summed E-state index contributed by atoms with van der Waals surface area (Å²) in [5.74, 6) is -0.120. The zero-order valence-corrected chi connectivity index (χ0v) is 9.68. The molecule has 6 nitrogen and oxygen atoms in total. The van der Waals surface area contributed by atoms with Gasteiger partial charge in [-0.2, -0.15) is 5.10 Å². The van der Waals surface area contributed by atoms with Gasteiger partial charge in [-0.1, -0.05) is 6.92 Å². The van der Waals surface area contributed by atoms with Gasteiger partial charge in [0, 0.05) is 25.5 Å². The number of carbonyl (C=O) groups excluding carboxylic acids is 1. The lowest BCUT2D eigenvalue weighted by molar-refractivity contribution is 0.0955. The Labute approximate surface area is 99.0 Å². The smallest absolute Gasteiger partial charge is 0.255 e. The minimum absolute atomic E-state index is 0.120. The Morgan fingerprint density at radius 1 is 1.41 bits per heavy atom. The first-order valence-corrected chi connectivity index (χ1v) is 5.59. The zero-order chi connectivity index (χ0) is 12.1. The predicted molar refractivity (Wildman–Crippen MR) is 63.9 cm³/mol. The maximum absolute atomic E-state index is 11.9. The van der Waals surface area contributed by atoms with Crippen LogP contribution in [0.1, 0.15) is 17.3 Å². The Balaban J connectivity index is 2.04. The van der Waals surface area contributed by atoms with Gasteiger partial charge in [-0.15, -0.1) is 0 Å². The van der Waals surface area contributed by atoms with E-state index in [0.29, 0.717) is 17.6 Å². The monoisotopic (exact) mass is 233 g/mol. The van der Waals surface area contributed by atoms with Crippen LogP contribution in [-0.4, -0.2) is 40.1 Å². The highest BCUT2D eigenvalue weighted by atomic mass is 16.1. The SMILES string of the molecule is CCNCCNC(=O)c1cnn2ccncc12. The molecule has 0 unspecified atom stereocenters. The lowest BCUT2D eigenvalue weighted by Gasteiger charge is -2.04. The average molecular weight is 233 g/mol. The average Bonchev–Trinajstić information content (AvgIpc) is 2.78. The second kappa shape index (κ2) is 5.40. The molecule has 2 aromatic rings. The fraction of sp³-hybridized carbons (Fsp3) is 0.364. The molecule has 90 valence electrons. The van der Waals surface area contributed by atoms with Crippen molar-refractivity contribution in [1.82, 2.24) is 25.2 Å². The molecule has 0 aliphatic heterocycles. The number of fused-ring (bicyclic) bond motifs is 1. The lowest BCUT2D eigenvalue weighted by Crippen LogP contribution is -2.31. The molecule has 2 aromatic heterocycles. The number of hydrogen-bond donors (Lipinski definition) is 2. The van der Waals surface area contributed by atoms with Crippen molar-refractivity contribution in [2.24, 2.45) is 0 Å². The topological polar surface area (TPSA) is 71.3 Å². The molecule has 0 aromatic carbocycles. The summed E-state index contributed by atoms with van der Waals surface area (Å²) in [4.78, 5) is 15.8. The summed E-state index contributed by atoms with van der Waals surface area (Å²) in [5, 5.41) is 10.1. The largest absolute Gasteiger partial charge is 0.351 e. The molecule has 0 aliphatic rings. The highest BCUT2D eigenvalue weighted by Gasteiger charge is 2.11. The normalized spacial score (nSPS) is 10.6. The molecule has 0 saturated heterocycles. The molecule has 0 bridgehead atoms. The van der Waals surface area contributed by atoms with Gasteiger partial charge >= 0.3 is 0 Å². The van der Waals surface area contributed by atoms with Crippen molar-refractivity contribution >= 4 is 11.4 Å². The highest BCUT2D eigenvalue weighted by molar-refractivity contribution is 6.00. The van der Waals surface area contributed by atoms with Crippen LogP contribution in [0.15, 0.2) is 24.8 Å². The molecule has 17 heavy (non-hydrogen) atoms. The minimum atomic E-state index is -0.120. The molecular formula is C11H15N5O. The number of likely N-dealkylation sites (N-methyl/N-ethyl adjacent to an activating group) is 1. The minimum Gasteiger partial charge on any atom is -0.351 e. The van der Waals surface area contributed by atoms with Gasteiger partial charge in [-0.3, -0.25) is 9.78 Å². The van der Waals surface area contributed by atoms with E-state index in [1.807, 2.05) is 6.92 Å². The molecule has 0 fully saturated rings. The Morgan fingerprint density at radius 2 is 2.29 bits per heavy atom. The van der Waals surface area contributed by atoms with E-state index in [4.69, 9.17) is 0 Å². The van der Waals surface area contributed by atoms with Crippen molar-refractivity contribution in [3.05, 3.63) is 30.4 Å². The molecule has 0 spiro atoms. The number of hydrogen-bond acceptors (Lipinski definition) is 4. The number of aromatic nitrogens is 3. The van der Waals surface area contributed by atoms with Gasteiger partial charge in [-0.25, -0.2) is 4.52 Å². The maximum atomic E-state index is 11.9. The van der Waals surface area contributed by atoms with Crippen LogP contribution in [0.25, 0.3) is 5.52 Å². The third-order valence-electron chi connectivity index (χ3n) is 2.41. The van der Waals surface area contributed by atoms with E-state index in [1.54, 1.807) is 29.3 Å². The summed E-state index contributed by atoms with van der Waals surface area (Å²) in [5.41, 5.74) is 1.27. The van der Waals surface area contributed by atoms with Gasteiger partial charge in [0.25, 0.3) is 5.91 Å². The van der Waals surface area contributed by atoms with Gasteiger partial charge in [0.1, 0.15) is 0 Å². The quantitative estimate of drug-likeness (QED) is 0.717. The van der Waals surface area contributed by atoms with Crippen LogP contribution in [0.5, 0.6) is 0 Å². The van der Waals surface area contributed by atoms with E-state index in [0.717, 1.165) is 13.1 Å². The van der Waals surface area contributed by atoms with E-state index in [9.17, 15) is 4.79 Å². The van der Waals surface area contributed by atoms with E-state index < -0.39 is 0 Å². The number of carbonyl (C=O) groups is 1. The molecule has 2 heterocycles. The summed E-state index contributed by atoms with van der Waals surface area (Å²) in [6.07, 6.45) is 6.53. The first-order chi connectivity index (χ1) is 8.33. The fourth-order valence-electron chi connectivity index (χ4n) is 1.55. The zero-order valence-electron chi connectivity index (χ0n) is 9.68. The molecule has 0 saturated carbocycles. The van der Waals surface area contributed by atoms with Gasteiger partial charge in [0.2, 0.25) is 0 Å². The highest BCUT2D eigenvalue weighted by Crippen LogP contribution is 2.07. The van der Waals surface area contributed by atoms with Crippen molar-refractivity contribution in [3.8, 4) is 0 Å². The summed E-state index contributed by atoms with van der Waals surface area (Å²) in [6, 6.07) is 0. The van der Waals surface area contributed by atoms with Crippen LogP contribution in [0.2, 0.25) is 0 Å². The lowest BCUT2D eigenvalue weighted by atomic mass is 10.3. The van der Waals surface area contributed by atoms with E-state index >= 15 is 0 Å². The van der Waals surface area contributed by atoms with Crippen molar-refractivity contribution in [2.45, 2.75) is 6.92 Å². The maximum Gasteiger partial charge on any atom is 0.255 e. The second-order valence-electron chi connectivity index (χ2n) is 3.57. The summed E-state index contributed by atoms with van der Waals surface area (Å²) < 4.78 is 1.63. The second-order valence-corrected chi connectivity index (χ2v) is 3.57. The van der Waals surface area contributed by atoms with Crippen LogP contribution in [0.4, 0.5) is 0 Å². The third-order valence-corrected chi connectivity index (χ3v) is 2.41. The van der Waals surface area contributed by atoms with E-state index in [1.165, 1.54) is 0 Å². The molecule has 0 aliphatic carbocycles. The number of nitrogens with zero attached hydrogens (tertiary/aromatic N) is 3. The van der Waals surface area contributed by atoms with Crippen LogP contribution >= 0.6 is 0 Å². The van der Waals surface area contributed by atoms with Crippen LogP contribution in [0, 0.1) is 0 Å². The van der Waals surface area contributed by atoms with E-state index in [2.05, 4.69) is 20.7 Å². The molecular weight excluding hydrogens is 218 g/mol. The summed E-state index contributed by atoms with van der Waals surface area (Å²) in [6.45, 7) is 4.29. The van der Waals surface area contributed by atoms with Crippen molar-refractivity contribution in [3.63, 3.8) is 0 Å². The Hall–Kier alpha value is -1.95. The Morgan fingerprint density at radius 3 is 3.12 bits per heavy atom. The van der Waals surface area contributed by atoms with Crippen LogP contribution in [0.3, 0.4) is 0 Å².